The summed E-state index contributed by atoms with van der Waals surface area (Å²) in [5.74, 6) is -4.55. The topological polar surface area (TPSA) is 107 Å². The van der Waals surface area contributed by atoms with Crippen LogP contribution < -0.4 is 4.74 Å². The van der Waals surface area contributed by atoms with Gasteiger partial charge in [0, 0.05) is 10.5 Å². The summed E-state index contributed by atoms with van der Waals surface area (Å²) in [6, 6.07) is 2.61. The SMILES string of the molecule is CC(=O)Oc1c(I)cc(I)cc1C(=O)OC(CS(=O)(=O)O)C(F)(F)F. The highest BCUT2D eigenvalue weighted by Gasteiger charge is 2.46. The first-order chi connectivity index (χ1) is 11.2. The van der Waals surface area contributed by atoms with Crippen LogP contribution in [-0.4, -0.2) is 42.9 Å². The molecule has 1 rings (SSSR count). The molecule has 0 amide bonds. The first-order valence-electron chi connectivity index (χ1n) is 6.11. The Morgan fingerprint density at radius 3 is 2.28 bits per heavy atom. The van der Waals surface area contributed by atoms with E-state index in [0.29, 0.717) is 3.57 Å². The Labute approximate surface area is 167 Å². The fourth-order valence-corrected chi connectivity index (χ4v) is 4.13. The van der Waals surface area contributed by atoms with Gasteiger partial charge in [-0.3, -0.25) is 9.35 Å². The highest BCUT2D eigenvalue weighted by atomic mass is 127. The van der Waals surface area contributed by atoms with Gasteiger partial charge in [-0.15, -0.1) is 0 Å². The van der Waals surface area contributed by atoms with E-state index in [1.165, 1.54) is 6.07 Å². The highest BCUT2D eigenvalue weighted by molar-refractivity contribution is 14.1. The Bertz CT molecular complexity index is 793. The molecule has 1 aromatic carbocycles. The van der Waals surface area contributed by atoms with Crippen molar-refractivity contribution >= 4 is 67.2 Å². The van der Waals surface area contributed by atoms with Gasteiger partial charge in [0.05, 0.1) is 3.57 Å². The second-order valence-electron chi connectivity index (χ2n) is 4.54. The van der Waals surface area contributed by atoms with Gasteiger partial charge in [0.25, 0.3) is 10.1 Å². The number of carbonyl (C=O) groups is 2. The summed E-state index contributed by atoms with van der Waals surface area (Å²) in [6.45, 7) is 1.03. The molecule has 1 unspecified atom stereocenters. The number of carbonyl (C=O) groups excluding carboxylic acids is 2. The lowest BCUT2D eigenvalue weighted by Gasteiger charge is -2.20. The molecular weight excluding hydrogens is 599 g/mol. The molecule has 0 fully saturated rings. The van der Waals surface area contributed by atoms with E-state index in [1.54, 1.807) is 45.2 Å². The number of hydrogen-bond donors (Lipinski definition) is 1. The van der Waals surface area contributed by atoms with E-state index in [2.05, 4.69) is 4.74 Å². The van der Waals surface area contributed by atoms with Crippen molar-refractivity contribution in [3.8, 4) is 5.75 Å². The molecule has 140 valence electrons. The van der Waals surface area contributed by atoms with Crippen molar-refractivity contribution in [2.45, 2.75) is 19.2 Å². The van der Waals surface area contributed by atoms with Crippen LogP contribution in [0.15, 0.2) is 12.1 Å². The largest absolute Gasteiger partial charge is 0.448 e. The van der Waals surface area contributed by atoms with Gasteiger partial charge in [0.15, 0.2) is 5.75 Å². The summed E-state index contributed by atoms with van der Waals surface area (Å²) in [7, 11) is -5.07. The van der Waals surface area contributed by atoms with Crippen molar-refractivity contribution in [3.05, 3.63) is 24.8 Å². The van der Waals surface area contributed by atoms with Crippen LogP contribution in [0.3, 0.4) is 0 Å². The molecule has 0 aliphatic rings. The zero-order chi connectivity index (χ0) is 19.6. The van der Waals surface area contributed by atoms with Gasteiger partial charge < -0.3 is 9.47 Å². The van der Waals surface area contributed by atoms with E-state index in [9.17, 15) is 31.2 Å². The molecule has 0 saturated carbocycles. The maximum atomic E-state index is 12.9. The van der Waals surface area contributed by atoms with Crippen molar-refractivity contribution in [3.63, 3.8) is 0 Å². The molecule has 0 bridgehead atoms. The average molecular weight is 608 g/mol. The van der Waals surface area contributed by atoms with Gasteiger partial charge in [0.1, 0.15) is 11.3 Å². The molecule has 0 saturated heterocycles. The third kappa shape index (κ3) is 7.22. The fraction of sp³-hybridized carbons (Fsp3) is 0.333. The summed E-state index contributed by atoms with van der Waals surface area (Å²) >= 11 is 3.48. The van der Waals surface area contributed by atoms with Gasteiger partial charge in [-0.2, -0.15) is 21.6 Å². The molecule has 7 nitrogen and oxygen atoms in total. The number of halogens is 5. The van der Waals surface area contributed by atoms with Crippen LogP contribution in [0.4, 0.5) is 13.2 Å². The molecule has 1 N–H and O–H groups in total. The number of benzene rings is 1. The van der Waals surface area contributed by atoms with Crippen molar-refractivity contribution in [1.82, 2.24) is 0 Å². The van der Waals surface area contributed by atoms with Crippen LogP contribution in [0.2, 0.25) is 0 Å². The predicted molar refractivity (Wildman–Crippen MR) is 94.9 cm³/mol. The molecule has 25 heavy (non-hydrogen) atoms. The molecule has 0 aromatic heterocycles. The number of alkyl halides is 3. The van der Waals surface area contributed by atoms with E-state index in [-0.39, 0.29) is 9.32 Å². The third-order valence-corrected chi connectivity index (χ3v) is 4.60. The number of ether oxygens (including phenoxy) is 2. The van der Waals surface area contributed by atoms with Crippen LogP contribution >= 0.6 is 45.2 Å². The molecule has 1 atom stereocenters. The Kier molecular flexibility index (Phi) is 7.46. The smallest absolute Gasteiger partial charge is 0.426 e. The Morgan fingerprint density at radius 1 is 1.28 bits per heavy atom. The minimum Gasteiger partial charge on any atom is -0.448 e. The quantitative estimate of drug-likeness (QED) is 0.237. The van der Waals surface area contributed by atoms with E-state index in [1.807, 2.05) is 0 Å². The van der Waals surface area contributed by atoms with Gasteiger partial charge in [-0.05, 0) is 57.3 Å². The first kappa shape index (κ1) is 22.4. The van der Waals surface area contributed by atoms with Crippen molar-refractivity contribution in [2.24, 2.45) is 0 Å². The molecule has 0 spiro atoms. The fourth-order valence-electron chi connectivity index (χ4n) is 1.54. The van der Waals surface area contributed by atoms with Gasteiger partial charge >= 0.3 is 18.1 Å². The first-order valence-corrected chi connectivity index (χ1v) is 9.87. The van der Waals surface area contributed by atoms with E-state index in [4.69, 9.17) is 9.29 Å². The lowest BCUT2D eigenvalue weighted by Crippen LogP contribution is -2.39. The lowest BCUT2D eigenvalue weighted by molar-refractivity contribution is -0.197. The third-order valence-electron chi connectivity index (χ3n) is 2.45. The maximum absolute atomic E-state index is 12.9. The Morgan fingerprint density at radius 2 is 1.84 bits per heavy atom. The van der Waals surface area contributed by atoms with Crippen molar-refractivity contribution < 1.29 is 45.2 Å². The minimum atomic E-state index is -5.23. The monoisotopic (exact) mass is 608 g/mol. The molecule has 0 aliphatic carbocycles. The molecule has 1 aromatic rings. The molecule has 0 aliphatic heterocycles. The summed E-state index contributed by atoms with van der Waals surface area (Å²) in [5, 5.41) is 0. The Balaban J connectivity index is 3.27. The molecule has 0 heterocycles. The summed E-state index contributed by atoms with van der Waals surface area (Å²) in [6.07, 6.45) is -8.32. The van der Waals surface area contributed by atoms with Gasteiger partial charge in [-0.25, -0.2) is 4.79 Å². The minimum absolute atomic E-state index is 0.255. The van der Waals surface area contributed by atoms with Crippen LogP contribution in [0.25, 0.3) is 0 Å². The predicted octanol–water partition coefficient (Wildman–Crippen LogP) is 2.80. The zero-order valence-corrected chi connectivity index (χ0v) is 17.3. The van der Waals surface area contributed by atoms with E-state index < -0.39 is 45.7 Å². The van der Waals surface area contributed by atoms with Crippen LogP contribution in [0, 0.1) is 7.14 Å². The highest BCUT2D eigenvalue weighted by Crippen LogP contribution is 2.31. The number of esters is 2. The zero-order valence-electron chi connectivity index (χ0n) is 12.1. The number of hydrogen-bond acceptors (Lipinski definition) is 6. The van der Waals surface area contributed by atoms with Crippen molar-refractivity contribution in [1.29, 1.82) is 0 Å². The summed E-state index contributed by atoms with van der Waals surface area (Å²) < 4.78 is 78.3. The summed E-state index contributed by atoms with van der Waals surface area (Å²) in [5.41, 5.74) is -0.490. The molecule has 0 radical (unpaired) electrons. The second kappa shape index (κ2) is 8.34. The van der Waals surface area contributed by atoms with E-state index in [0.717, 1.165) is 13.0 Å². The second-order valence-corrected chi connectivity index (χ2v) is 8.45. The van der Waals surface area contributed by atoms with Crippen molar-refractivity contribution in [2.75, 3.05) is 5.75 Å². The van der Waals surface area contributed by atoms with E-state index >= 15 is 0 Å². The standard InChI is InChI=1S/C12H9F3I2O7S/c1-5(18)23-10-7(2-6(16)3-8(10)17)11(19)24-9(12(13,14)15)4-25(20,21)22/h2-3,9H,4H2,1H3,(H,20,21,22). The lowest BCUT2D eigenvalue weighted by atomic mass is 10.2. The molecular formula is C12H9F3I2O7S. The average Bonchev–Trinajstić information content (AvgIpc) is 2.37. The van der Waals surface area contributed by atoms with Crippen LogP contribution in [0.1, 0.15) is 17.3 Å². The van der Waals surface area contributed by atoms with Crippen LogP contribution in [0.5, 0.6) is 5.75 Å². The van der Waals surface area contributed by atoms with Crippen LogP contribution in [-0.2, 0) is 19.6 Å². The normalized spacial score (nSPS) is 13.2. The maximum Gasteiger partial charge on any atom is 0.426 e. The van der Waals surface area contributed by atoms with Gasteiger partial charge in [-0.1, -0.05) is 0 Å². The number of rotatable bonds is 5. The van der Waals surface area contributed by atoms with Gasteiger partial charge in [0.2, 0.25) is 6.10 Å². The summed E-state index contributed by atoms with van der Waals surface area (Å²) in [4.78, 5) is 23.2. The Hall–Kier alpha value is -0.680. The molecule has 13 heteroatoms.